The van der Waals surface area contributed by atoms with Crippen molar-refractivity contribution in [3.63, 3.8) is 0 Å². The predicted octanol–water partition coefficient (Wildman–Crippen LogP) is 4.19. The molecule has 0 N–H and O–H groups in total. The fourth-order valence-corrected chi connectivity index (χ4v) is 5.41. The molecule has 0 amide bonds. The molecule has 0 saturated carbocycles. The van der Waals surface area contributed by atoms with E-state index in [4.69, 9.17) is 0 Å². The Morgan fingerprint density at radius 1 is 1.21 bits per heavy atom. The van der Waals surface area contributed by atoms with Crippen molar-refractivity contribution in [3.8, 4) is 10.6 Å². The van der Waals surface area contributed by atoms with Gasteiger partial charge in [0.05, 0.1) is 11.4 Å². The molecule has 0 atom stereocenters. The van der Waals surface area contributed by atoms with Crippen molar-refractivity contribution in [3.05, 3.63) is 64.2 Å². The number of Topliss-reactive ketones (excluding diaryl/α,β-unsaturated/α-hetero) is 1. The molecule has 5 nitrogen and oxygen atoms in total. The van der Waals surface area contributed by atoms with Gasteiger partial charge in [-0.15, -0.1) is 11.3 Å². The van der Waals surface area contributed by atoms with Crippen LogP contribution in [0.25, 0.3) is 10.6 Å². The summed E-state index contributed by atoms with van der Waals surface area (Å²) in [6, 6.07) is 7.60. The summed E-state index contributed by atoms with van der Waals surface area (Å²) in [5.41, 5.74) is 3.28. The molecule has 3 aromatic rings. The topological polar surface area (TPSA) is 69.0 Å². The molecule has 8 heteroatoms. The molecule has 3 rings (SSSR count). The van der Waals surface area contributed by atoms with Gasteiger partial charge in [-0.1, -0.05) is 0 Å². The Hall–Kier alpha value is -2.32. The quantitative estimate of drug-likeness (QED) is 0.538. The highest BCUT2D eigenvalue weighted by Gasteiger charge is 2.23. The number of aromatic nitrogens is 2. The van der Waals surface area contributed by atoms with Crippen LogP contribution in [-0.2, 0) is 22.1 Å². The van der Waals surface area contributed by atoms with Gasteiger partial charge in [0, 0.05) is 34.4 Å². The molecule has 0 spiro atoms. The van der Waals surface area contributed by atoms with Gasteiger partial charge in [0.25, 0.3) is 0 Å². The first-order valence-corrected chi connectivity index (χ1v) is 11.5. The summed E-state index contributed by atoms with van der Waals surface area (Å²) in [5.74, 6) is -1.60. The molecule has 0 aliphatic rings. The van der Waals surface area contributed by atoms with Crippen LogP contribution in [0.5, 0.6) is 0 Å². The summed E-state index contributed by atoms with van der Waals surface area (Å²) in [6.45, 7) is 6.43. The molecule has 1 aromatic carbocycles. The van der Waals surface area contributed by atoms with Crippen molar-refractivity contribution < 1.29 is 17.6 Å². The monoisotopic (exact) mass is 420 g/mol. The fourth-order valence-electron chi connectivity index (χ4n) is 3.22. The average molecular weight is 421 g/mol. The maximum Gasteiger partial charge on any atom is 0.179 e. The number of carbonyl (C=O) groups is 1. The van der Waals surface area contributed by atoms with E-state index in [9.17, 15) is 17.6 Å². The Bertz CT molecular complexity index is 1110. The molecular weight excluding hydrogens is 399 g/mol. The minimum Gasteiger partial charge on any atom is -0.349 e. The summed E-state index contributed by atoms with van der Waals surface area (Å²) in [7, 11) is -3.66. The van der Waals surface area contributed by atoms with Gasteiger partial charge in [-0.25, -0.2) is 17.8 Å². The molecular formula is C20H21FN2O3S2. The van der Waals surface area contributed by atoms with Crippen LogP contribution in [0.4, 0.5) is 4.39 Å². The third-order valence-electron chi connectivity index (χ3n) is 4.55. The van der Waals surface area contributed by atoms with Crippen LogP contribution in [0.1, 0.15) is 34.4 Å². The summed E-state index contributed by atoms with van der Waals surface area (Å²) in [5, 5.41) is 2.27. The van der Waals surface area contributed by atoms with E-state index in [0.717, 1.165) is 23.5 Å². The number of benzene rings is 1. The van der Waals surface area contributed by atoms with Crippen LogP contribution >= 0.6 is 11.3 Å². The number of aryl methyl sites for hydroxylation is 1. The van der Waals surface area contributed by atoms with Crippen molar-refractivity contribution in [2.45, 2.75) is 33.1 Å². The maximum absolute atomic E-state index is 13.0. The maximum atomic E-state index is 13.0. The van der Waals surface area contributed by atoms with Crippen molar-refractivity contribution in [1.82, 2.24) is 9.55 Å². The first-order valence-electron chi connectivity index (χ1n) is 8.81. The zero-order valence-electron chi connectivity index (χ0n) is 15.9. The van der Waals surface area contributed by atoms with Gasteiger partial charge in [-0.2, -0.15) is 0 Å². The molecule has 2 heterocycles. The molecule has 148 valence electrons. The molecule has 0 fully saturated rings. The zero-order valence-corrected chi connectivity index (χ0v) is 17.5. The highest BCUT2D eigenvalue weighted by Crippen LogP contribution is 2.25. The number of sulfone groups is 1. The van der Waals surface area contributed by atoms with Crippen LogP contribution in [0, 0.1) is 19.7 Å². The Labute approximate surface area is 167 Å². The van der Waals surface area contributed by atoms with Crippen molar-refractivity contribution in [2.75, 3.05) is 5.75 Å². The Morgan fingerprint density at radius 3 is 2.50 bits per heavy atom. The second-order valence-electron chi connectivity index (χ2n) is 6.64. The summed E-state index contributed by atoms with van der Waals surface area (Å²) >= 11 is 1.29. The van der Waals surface area contributed by atoms with Crippen molar-refractivity contribution in [1.29, 1.82) is 0 Å². The van der Waals surface area contributed by atoms with Crippen LogP contribution in [-0.4, -0.2) is 29.5 Å². The van der Waals surface area contributed by atoms with Gasteiger partial charge in [0.2, 0.25) is 0 Å². The van der Waals surface area contributed by atoms with E-state index in [1.807, 2.05) is 25.3 Å². The number of ketones is 1. The lowest BCUT2D eigenvalue weighted by Gasteiger charge is -2.06. The third kappa shape index (κ3) is 4.39. The molecule has 28 heavy (non-hydrogen) atoms. The first kappa shape index (κ1) is 20.4. The summed E-state index contributed by atoms with van der Waals surface area (Å²) < 4.78 is 40.1. The minimum absolute atomic E-state index is 0.303. The molecule has 0 unspecified atom stereocenters. The number of hydrogen-bond acceptors (Lipinski definition) is 5. The van der Waals surface area contributed by atoms with E-state index < -0.39 is 21.4 Å². The van der Waals surface area contributed by atoms with Gasteiger partial charge in [0.1, 0.15) is 16.6 Å². The average Bonchev–Trinajstić information content (AvgIpc) is 3.18. The van der Waals surface area contributed by atoms with Gasteiger partial charge in [0.15, 0.2) is 15.6 Å². The number of thiazole rings is 1. The second-order valence-corrected chi connectivity index (χ2v) is 9.56. The van der Waals surface area contributed by atoms with Crippen molar-refractivity contribution in [2.24, 2.45) is 0 Å². The normalized spacial score (nSPS) is 11.7. The lowest BCUT2D eigenvalue weighted by Crippen LogP contribution is -2.18. The van der Waals surface area contributed by atoms with Crippen molar-refractivity contribution >= 4 is 27.0 Å². The Kier molecular flexibility index (Phi) is 5.81. The van der Waals surface area contributed by atoms with Crippen LogP contribution < -0.4 is 0 Å². The predicted molar refractivity (Wildman–Crippen MR) is 109 cm³/mol. The van der Waals surface area contributed by atoms with Gasteiger partial charge < -0.3 is 4.57 Å². The smallest absolute Gasteiger partial charge is 0.179 e. The SMILES string of the molecule is CCn1c(C)cc(C(=O)CS(=O)(=O)Cc2csc(-c3ccc(F)cc3)n2)c1C. The molecule has 2 aromatic heterocycles. The summed E-state index contributed by atoms with van der Waals surface area (Å²) in [4.78, 5) is 16.9. The van der Waals surface area contributed by atoms with Gasteiger partial charge in [-0.05, 0) is 51.1 Å². The molecule has 0 saturated heterocycles. The van der Waals surface area contributed by atoms with Crippen LogP contribution in [0.2, 0.25) is 0 Å². The summed E-state index contributed by atoms with van der Waals surface area (Å²) in [6.07, 6.45) is 0. The number of nitrogens with zero attached hydrogens (tertiary/aromatic N) is 2. The largest absolute Gasteiger partial charge is 0.349 e. The fraction of sp³-hybridized carbons (Fsp3) is 0.300. The lowest BCUT2D eigenvalue weighted by molar-refractivity contribution is 0.102. The Balaban J connectivity index is 1.74. The zero-order chi connectivity index (χ0) is 20.5. The minimum atomic E-state index is -3.66. The second kappa shape index (κ2) is 7.97. The van der Waals surface area contributed by atoms with Gasteiger partial charge in [-0.3, -0.25) is 4.79 Å². The van der Waals surface area contributed by atoms with E-state index in [-0.39, 0.29) is 11.6 Å². The van der Waals surface area contributed by atoms with Crippen LogP contribution in [0.15, 0.2) is 35.7 Å². The number of halogens is 1. The van der Waals surface area contributed by atoms with Crippen LogP contribution in [0.3, 0.4) is 0 Å². The van der Waals surface area contributed by atoms with E-state index in [1.165, 1.54) is 23.5 Å². The molecule has 0 aliphatic carbocycles. The lowest BCUT2D eigenvalue weighted by atomic mass is 10.2. The molecule has 0 aliphatic heterocycles. The van der Waals surface area contributed by atoms with E-state index in [1.54, 1.807) is 23.6 Å². The van der Waals surface area contributed by atoms with Gasteiger partial charge >= 0.3 is 0 Å². The van der Waals surface area contributed by atoms with E-state index in [2.05, 4.69) is 4.98 Å². The van der Waals surface area contributed by atoms with E-state index in [0.29, 0.717) is 16.3 Å². The highest BCUT2D eigenvalue weighted by atomic mass is 32.2. The molecule has 0 bridgehead atoms. The number of carbonyl (C=O) groups excluding carboxylic acids is 1. The molecule has 0 radical (unpaired) electrons. The third-order valence-corrected chi connectivity index (χ3v) is 6.93. The highest BCUT2D eigenvalue weighted by molar-refractivity contribution is 7.91. The number of rotatable bonds is 7. The first-order chi connectivity index (χ1) is 13.2. The Morgan fingerprint density at radius 2 is 1.89 bits per heavy atom. The number of hydrogen-bond donors (Lipinski definition) is 0. The standard InChI is InChI=1S/C20H21FN2O3S2/c1-4-23-13(2)9-18(14(23)3)19(24)12-28(25,26)11-17-10-27-20(22-17)15-5-7-16(21)8-6-15/h5-10H,4,11-12H2,1-3H3. The van der Waals surface area contributed by atoms with E-state index >= 15 is 0 Å².